The Labute approximate surface area is 176 Å². The molecule has 0 aliphatic heterocycles. The van der Waals surface area contributed by atoms with Gasteiger partial charge in [0.15, 0.2) is 0 Å². The normalized spacial score (nSPS) is 28.1. The molecule has 2 aromatic rings. The Morgan fingerprint density at radius 2 is 0.931 bits per heavy atom. The highest BCUT2D eigenvalue weighted by Crippen LogP contribution is 2.36. The van der Waals surface area contributed by atoms with E-state index in [4.69, 9.17) is 9.98 Å². The third-order valence-corrected chi connectivity index (χ3v) is 6.77. The van der Waals surface area contributed by atoms with Crippen LogP contribution in [0.15, 0.2) is 70.6 Å². The maximum absolute atomic E-state index is 4.85. The first kappa shape index (κ1) is 20.1. The summed E-state index contributed by atoms with van der Waals surface area (Å²) in [7, 11) is 0. The Morgan fingerprint density at radius 3 is 1.31 bits per heavy atom. The highest BCUT2D eigenvalue weighted by atomic mass is 14.8. The molecule has 2 aromatic carbocycles. The van der Waals surface area contributed by atoms with E-state index in [9.17, 15) is 0 Å². The first-order valence-electron chi connectivity index (χ1n) is 11.5. The van der Waals surface area contributed by atoms with Crippen LogP contribution in [0.1, 0.15) is 68.9 Å². The molecule has 0 heterocycles. The lowest BCUT2D eigenvalue weighted by molar-refractivity contribution is 0.226. The number of hydrogen-bond acceptors (Lipinski definition) is 2. The quantitative estimate of drug-likeness (QED) is 0.492. The van der Waals surface area contributed by atoms with E-state index in [1.165, 1.54) is 68.9 Å². The van der Waals surface area contributed by atoms with Crippen molar-refractivity contribution in [3.8, 4) is 0 Å². The molecule has 0 bridgehead atoms. The van der Waals surface area contributed by atoms with Gasteiger partial charge in [-0.15, -0.1) is 0 Å². The first-order chi connectivity index (χ1) is 14.3. The molecule has 0 amide bonds. The molecule has 2 aliphatic rings. The molecule has 2 aliphatic carbocycles. The van der Waals surface area contributed by atoms with Crippen LogP contribution in [0.5, 0.6) is 0 Å². The molecule has 0 atom stereocenters. The van der Waals surface area contributed by atoms with Gasteiger partial charge in [0.05, 0.1) is 0 Å². The zero-order valence-electron chi connectivity index (χ0n) is 17.5. The Kier molecular flexibility index (Phi) is 7.28. The molecule has 0 saturated heterocycles. The lowest BCUT2D eigenvalue weighted by atomic mass is 9.76. The van der Waals surface area contributed by atoms with Crippen molar-refractivity contribution in [3.63, 3.8) is 0 Å². The lowest BCUT2D eigenvalue weighted by Crippen LogP contribution is -2.23. The molecular weight excluding hydrogens is 352 g/mol. The van der Waals surface area contributed by atoms with Crippen LogP contribution >= 0.6 is 0 Å². The SMILES string of the molecule is C(=NC1CCC(CC2CCC(N=Cc3ccccc3)CC2)CC1)c1ccccc1. The van der Waals surface area contributed by atoms with Crippen LogP contribution in [-0.2, 0) is 0 Å². The minimum Gasteiger partial charge on any atom is -0.289 e. The summed E-state index contributed by atoms with van der Waals surface area (Å²) in [5, 5.41) is 0. The molecule has 0 radical (unpaired) electrons. The second-order valence-electron chi connectivity index (χ2n) is 8.96. The van der Waals surface area contributed by atoms with Crippen molar-refractivity contribution >= 4 is 12.4 Å². The number of nitrogens with zero attached hydrogens (tertiary/aromatic N) is 2. The predicted molar refractivity (Wildman–Crippen MR) is 124 cm³/mol. The van der Waals surface area contributed by atoms with Crippen molar-refractivity contribution in [1.82, 2.24) is 0 Å². The van der Waals surface area contributed by atoms with Gasteiger partial charge in [-0.25, -0.2) is 0 Å². The topological polar surface area (TPSA) is 24.7 Å². The van der Waals surface area contributed by atoms with Crippen LogP contribution in [0.25, 0.3) is 0 Å². The van der Waals surface area contributed by atoms with Gasteiger partial charge < -0.3 is 0 Å². The van der Waals surface area contributed by atoms with E-state index >= 15 is 0 Å². The van der Waals surface area contributed by atoms with Gasteiger partial charge in [0.1, 0.15) is 0 Å². The van der Waals surface area contributed by atoms with Crippen LogP contribution in [0.4, 0.5) is 0 Å². The van der Waals surface area contributed by atoms with Crippen molar-refractivity contribution in [2.24, 2.45) is 21.8 Å². The molecule has 2 nitrogen and oxygen atoms in total. The summed E-state index contributed by atoms with van der Waals surface area (Å²) in [5.74, 6) is 1.85. The van der Waals surface area contributed by atoms with Crippen molar-refractivity contribution in [2.75, 3.05) is 0 Å². The monoisotopic (exact) mass is 386 g/mol. The highest BCUT2D eigenvalue weighted by molar-refractivity contribution is 5.80. The van der Waals surface area contributed by atoms with E-state index in [2.05, 4.69) is 73.1 Å². The first-order valence-corrected chi connectivity index (χ1v) is 11.5. The summed E-state index contributed by atoms with van der Waals surface area (Å²) in [4.78, 5) is 9.70. The zero-order chi connectivity index (χ0) is 19.7. The van der Waals surface area contributed by atoms with Crippen LogP contribution in [0, 0.1) is 11.8 Å². The lowest BCUT2D eigenvalue weighted by Gasteiger charge is -2.32. The molecule has 2 saturated carbocycles. The number of hydrogen-bond donors (Lipinski definition) is 0. The molecule has 0 aromatic heterocycles. The summed E-state index contributed by atoms with van der Waals surface area (Å²) in [6, 6.07) is 22.1. The average Bonchev–Trinajstić information content (AvgIpc) is 2.80. The molecule has 0 N–H and O–H groups in total. The van der Waals surface area contributed by atoms with Gasteiger partial charge >= 0.3 is 0 Å². The molecular formula is C27H34N2. The van der Waals surface area contributed by atoms with E-state index in [1.807, 2.05) is 0 Å². The van der Waals surface area contributed by atoms with Gasteiger partial charge in [0.2, 0.25) is 0 Å². The number of aliphatic imine (C=N–C) groups is 2. The minimum absolute atomic E-state index is 0.537. The Balaban J connectivity index is 1.15. The van der Waals surface area contributed by atoms with Crippen LogP contribution in [-0.4, -0.2) is 24.5 Å². The van der Waals surface area contributed by atoms with Gasteiger partial charge in [-0.1, -0.05) is 60.7 Å². The fourth-order valence-electron chi connectivity index (χ4n) is 4.99. The molecule has 2 heteroatoms. The maximum atomic E-state index is 4.85. The third-order valence-electron chi connectivity index (χ3n) is 6.77. The van der Waals surface area contributed by atoms with E-state index in [0.717, 1.165) is 11.8 Å². The Morgan fingerprint density at radius 1 is 0.552 bits per heavy atom. The van der Waals surface area contributed by atoms with Crippen molar-refractivity contribution in [3.05, 3.63) is 71.8 Å². The largest absolute Gasteiger partial charge is 0.289 e. The van der Waals surface area contributed by atoms with Crippen molar-refractivity contribution in [2.45, 2.75) is 69.9 Å². The van der Waals surface area contributed by atoms with E-state index in [1.54, 1.807) is 0 Å². The second kappa shape index (κ2) is 10.5. The molecule has 4 rings (SSSR count). The fourth-order valence-corrected chi connectivity index (χ4v) is 4.99. The summed E-state index contributed by atoms with van der Waals surface area (Å²) >= 11 is 0. The van der Waals surface area contributed by atoms with E-state index in [-0.39, 0.29) is 0 Å². The standard InChI is InChI=1S/C27H34N2/c1-3-7-24(8-4-1)20-28-26-15-11-22(12-16-26)19-23-13-17-27(18-14-23)29-21-25-9-5-2-6-10-25/h1-10,20-23,26-27H,11-19H2. The molecule has 2 fully saturated rings. The van der Waals surface area contributed by atoms with Gasteiger partial charge in [0.25, 0.3) is 0 Å². The minimum atomic E-state index is 0.537. The molecule has 29 heavy (non-hydrogen) atoms. The van der Waals surface area contributed by atoms with Gasteiger partial charge in [-0.05, 0) is 80.8 Å². The average molecular weight is 387 g/mol. The van der Waals surface area contributed by atoms with Gasteiger partial charge in [-0.2, -0.15) is 0 Å². The smallest absolute Gasteiger partial charge is 0.0500 e. The Hall–Kier alpha value is -2.22. The summed E-state index contributed by atoms with van der Waals surface area (Å²) < 4.78 is 0. The highest BCUT2D eigenvalue weighted by Gasteiger charge is 2.26. The predicted octanol–water partition coefficient (Wildman–Crippen LogP) is 6.73. The molecule has 152 valence electrons. The van der Waals surface area contributed by atoms with Crippen LogP contribution in [0.3, 0.4) is 0 Å². The number of rotatable bonds is 6. The van der Waals surface area contributed by atoms with E-state index in [0.29, 0.717) is 12.1 Å². The van der Waals surface area contributed by atoms with Crippen LogP contribution < -0.4 is 0 Å². The van der Waals surface area contributed by atoms with E-state index < -0.39 is 0 Å². The zero-order valence-corrected chi connectivity index (χ0v) is 17.5. The molecule has 0 spiro atoms. The summed E-state index contributed by atoms with van der Waals surface area (Å²) in [6.45, 7) is 0. The maximum Gasteiger partial charge on any atom is 0.0500 e. The molecule has 0 unspecified atom stereocenters. The van der Waals surface area contributed by atoms with Crippen molar-refractivity contribution in [1.29, 1.82) is 0 Å². The second-order valence-corrected chi connectivity index (χ2v) is 8.96. The number of benzene rings is 2. The summed E-state index contributed by atoms with van der Waals surface area (Å²) in [6.07, 6.45) is 16.1. The summed E-state index contributed by atoms with van der Waals surface area (Å²) in [5.41, 5.74) is 2.45. The fraction of sp³-hybridized carbons (Fsp3) is 0.481. The Bertz CT molecular complexity index is 697. The third kappa shape index (κ3) is 6.39. The van der Waals surface area contributed by atoms with Gasteiger partial charge in [0, 0.05) is 24.5 Å². The van der Waals surface area contributed by atoms with Gasteiger partial charge in [-0.3, -0.25) is 9.98 Å². The van der Waals surface area contributed by atoms with Crippen LogP contribution in [0.2, 0.25) is 0 Å². The van der Waals surface area contributed by atoms with Crippen molar-refractivity contribution < 1.29 is 0 Å².